The van der Waals surface area contributed by atoms with E-state index in [0.29, 0.717) is 11.9 Å². The molecule has 0 rings (SSSR count). The number of rotatable bonds is 8. The highest BCUT2D eigenvalue weighted by atomic mass is 35.5. The van der Waals surface area contributed by atoms with Gasteiger partial charge in [0.15, 0.2) is 0 Å². The molecule has 0 aromatic heterocycles. The van der Waals surface area contributed by atoms with E-state index in [0.717, 1.165) is 12.5 Å². The van der Waals surface area contributed by atoms with Crippen molar-refractivity contribution in [2.45, 2.75) is 46.6 Å². The molecule has 0 atom stereocenters. The van der Waals surface area contributed by atoms with E-state index in [1.54, 1.807) is 0 Å². The summed E-state index contributed by atoms with van der Waals surface area (Å²) < 4.78 is 0. The van der Waals surface area contributed by atoms with Gasteiger partial charge >= 0.3 is 0 Å². The molecule has 0 N–H and O–H groups in total. The van der Waals surface area contributed by atoms with Crippen LogP contribution in [-0.2, 0) is 0 Å². The zero-order valence-corrected chi connectivity index (χ0v) is 11.4. The highest BCUT2D eigenvalue weighted by Gasteiger charge is 2.14. The summed E-state index contributed by atoms with van der Waals surface area (Å²) in [4.78, 5) is 2.56. The fourth-order valence-corrected chi connectivity index (χ4v) is 2.05. The van der Waals surface area contributed by atoms with Crippen molar-refractivity contribution in [3.8, 4) is 0 Å². The Labute approximate surface area is 100 Å². The minimum atomic E-state index is 0.623. The Morgan fingerprint density at radius 1 is 1.13 bits per heavy atom. The maximum absolute atomic E-state index is 5.63. The minimum absolute atomic E-state index is 0.623. The lowest BCUT2D eigenvalue weighted by atomic mass is 10.1. The van der Waals surface area contributed by atoms with Gasteiger partial charge in [-0.3, -0.25) is 4.90 Å². The number of halogens is 1. The largest absolute Gasteiger partial charge is 0.297 e. The minimum Gasteiger partial charge on any atom is -0.297 e. The predicted octanol–water partition coefficient (Wildman–Crippen LogP) is 3.93. The van der Waals surface area contributed by atoms with E-state index < -0.39 is 0 Å². The van der Waals surface area contributed by atoms with Gasteiger partial charge in [0.1, 0.15) is 0 Å². The van der Waals surface area contributed by atoms with Gasteiger partial charge in [-0.2, -0.15) is 0 Å². The van der Waals surface area contributed by atoms with Gasteiger partial charge in [0.2, 0.25) is 0 Å². The first kappa shape index (κ1) is 15.0. The molecule has 1 nitrogen and oxygen atoms in total. The Morgan fingerprint density at radius 3 is 2.13 bits per heavy atom. The van der Waals surface area contributed by atoms with Gasteiger partial charge in [-0.25, -0.2) is 0 Å². The van der Waals surface area contributed by atoms with Crippen LogP contribution in [0.3, 0.4) is 0 Å². The van der Waals surface area contributed by atoms with Crippen molar-refractivity contribution in [1.82, 2.24) is 4.90 Å². The van der Waals surface area contributed by atoms with E-state index in [2.05, 4.69) is 38.7 Å². The Morgan fingerprint density at radius 2 is 1.73 bits per heavy atom. The van der Waals surface area contributed by atoms with Crippen LogP contribution in [0.4, 0.5) is 0 Å². The third-order valence-electron chi connectivity index (χ3n) is 2.65. The number of hydrogen-bond donors (Lipinski definition) is 0. The Hall–Kier alpha value is -0.0100. The second-order valence-electron chi connectivity index (χ2n) is 4.44. The number of nitrogens with zero attached hydrogens (tertiary/aromatic N) is 1. The van der Waals surface area contributed by atoms with Crippen LogP contribution in [0.5, 0.6) is 0 Å². The number of hydrogen-bond acceptors (Lipinski definition) is 1. The van der Waals surface area contributed by atoms with Gasteiger partial charge in [-0.1, -0.05) is 39.8 Å². The Balaban J connectivity index is 4.21. The summed E-state index contributed by atoms with van der Waals surface area (Å²) in [5.74, 6) is 1.35. The van der Waals surface area contributed by atoms with Gasteiger partial charge < -0.3 is 0 Å². The maximum atomic E-state index is 5.63. The summed E-state index contributed by atoms with van der Waals surface area (Å²) >= 11 is 5.63. The summed E-state index contributed by atoms with van der Waals surface area (Å²) in [6, 6.07) is 0.715. The average molecular weight is 232 g/mol. The van der Waals surface area contributed by atoms with Crippen LogP contribution < -0.4 is 0 Å². The smallest absolute Gasteiger partial charge is 0.0404 e. The molecule has 0 aliphatic heterocycles. The molecule has 0 amide bonds. The molecule has 0 spiro atoms. The molecule has 0 aliphatic carbocycles. The molecule has 15 heavy (non-hydrogen) atoms. The van der Waals surface area contributed by atoms with E-state index in [1.165, 1.54) is 19.4 Å². The summed E-state index contributed by atoms with van der Waals surface area (Å²) in [6.07, 6.45) is 6.70. The molecule has 90 valence electrons. The zero-order valence-electron chi connectivity index (χ0n) is 10.7. The van der Waals surface area contributed by atoms with E-state index >= 15 is 0 Å². The van der Waals surface area contributed by atoms with Crippen molar-refractivity contribution < 1.29 is 0 Å². The van der Waals surface area contributed by atoms with Gasteiger partial charge in [-0.15, -0.1) is 11.6 Å². The summed E-state index contributed by atoms with van der Waals surface area (Å²) in [6.45, 7) is 11.3. The van der Waals surface area contributed by atoms with Gasteiger partial charge in [0.05, 0.1) is 0 Å². The average Bonchev–Trinajstić information content (AvgIpc) is 2.19. The number of allylic oxidation sites excluding steroid dienone is 1. The van der Waals surface area contributed by atoms with Crippen LogP contribution in [0.1, 0.15) is 40.5 Å². The first-order valence-electron chi connectivity index (χ1n) is 6.10. The van der Waals surface area contributed by atoms with E-state index in [1.807, 2.05) is 6.08 Å². The highest BCUT2D eigenvalue weighted by Crippen LogP contribution is 2.11. The lowest BCUT2D eigenvalue weighted by molar-refractivity contribution is 0.184. The van der Waals surface area contributed by atoms with E-state index in [4.69, 9.17) is 11.6 Å². The Bertz CT molecular complexity index is 162. The van der Waals surface area contributed by atoms with Crippen molar-refractivity contribution in [2.24, 2.45) is 5.92 Å². The van der Waals surface area contributed by atoms with Crippen molar-refractivity contribution in [3.63, 3.8) is 0 Å². The molecule has 0 saturated carbocycles. The third kappa shape index (κ3) is 6.97. The molecule has 0 aromatic rings. The van der Waals surface area contributed by atoms with Crippen molar-refractivity contribution >= 4 is 11.6 Å². The van der Waals surface area contributed by atoms with Gasteiger partial charge in [0.25, 0.3) is 0 Å². The summed E-state index contributed by atoms with van der Waals surface area (Å²) in [5, 5.41) is 0. The topological polar surface area (TPSA) is 3.24 Å². The molecule has 0 fully saturated rings. The van der Waals surface area contributed by atoms with Crippen molar-refractivity contribution in [1.29, 1.82) is 0 Å². The van der Waals surface area contributed by atoms with E-state index in [9.17, 15) is 0 Å². The second kappa shape index (κ2) is 9.23. The highest BCUT2D eigenvalue weighted by molar-refractivity contribution is 6.18. The van der Waals surface area contributed by atoms with Gasteiger partial charge in [-0.05, 0) is 18.8 Å². The van der Waals surface area contributed by atoms with Crippen LogP contribution in [0.2, 0.25) is 0 Å². The first-order chi connectivity index (χ1) is 7.15. The fraction of sp³-hybridized carbons (Fsp3) is 0.846. The molecule has 0 heterocycles. The Kier molecular flexibility index (Phi) is 9.23. The number of alkyl halides is 1. The predicted molar refractivity (Wildman–Crippen MR) is 70.6 cm³/mol. The lowest BCUT2D eigenvalue weighted by Gasteiger charge is -2.30. The SMILES string of the molecule is CCC(CC)N(CC=CCCl)CC(C)C. The fourth-order valence-electron chi connectivity index (χ4n) is 1.92. The van der Waals surface area contributed by atoms with Crippen LogP contribution in [-0.4, -0.2) is 29.9 Å². The van der Waals surface area contributed by atoms with Crippen LogP contribution in [0, 0.1) is 5.92 Å². The summed E-state index contributed by atoms with van der Waals surface area (Å²) in [7, 11) is 0. The molecule has 0 aliphatic rings. The first-order valence-corrected chi connectivity index (χ1v) is 6.64. The quantitative estimate of drug-likeness (QED) is 0.452. The van der Waals surface area contributed by atoms with Crippen molar-refractivity contribution in [3.05, 3.63) is 12.2 Å². The maximum Gasteiger partial charge on any atom is 0.0404 e. The molecular weight excluding hydrogens is 206 g/mol. The molecule has 0 unspecified atom stereocenters. The van der Waals surface area contributed by atoms with E-state index in [-0.39, 0.29) is 0 Å². The molecular formula is C13H26ClN. The molecule has 2 heteroatoms. The molecule has 0 aromatic carbocycles. The monoisotopic (exact) mass is 231 g/mol. The van der Waals surface area contributed by atoms with Gasteiger partial charge in [0, 0.05) is 25.0 Å². The summed E-state index contributed by atoms with van der Waals surface area (Å²) in [5.41, 5.74) is 0. The lowest BCUT2D eigenvalue weighted by Crippen LogP contribution is -2.37. The van der Waals surface area contributed by atoms with Crippen molar-refractivity contribution in [2.75, 3.05) is 19.0 Å². The second-order valence-corrected chi connectivity index (χ2v) is 4.75. The van der Waals surface area contributed by atoms with Crippen LogP contribution in [0.25, 0.3) is 0 Å². The molecule has 0 saturated heterocycles. The van der Waals surface area contributed by atoms with Crippen LogP contribution in [0.15, 0.2) is 12.2 Å². The normalized spacial score (nSPS) is 12.5. The third-order valence-corrected chi connectivity index (χ3v) is 2.83. The zero-order chi connectivity index (χ0) is 11.7. The standard InChI is InChI=1S/C13H26ClN/c1-5-13(6-2)15(11-12(3)4)10-8-7-9-14/h7-8,12-13H,5-6,9-11H2,1-4H3. The molecule has 0 bridgehead atoms. The molecule has 0 radical (unpaired) electrons. The van der Waals surface area contributed by atoms with Crippen LogP contribution >= 0.6 is 11.6 Å².